The number of hydrogen-bond donors (Lipinski definition) is 3. The van der Waals surface area contributed by atoms with Gasteiger partial charge in [0.15, 0.2) is 0 Å². The van der Waals surface area contributed by atoms with Crippen molar-refractivity contribution in [1.82, 2.24) is 9.62 Å². The Bertz CT molecular complexity index is 433. The molecule has 7 nitrogen and oxygen atoms in total. The van der Waals surface area contributed by atoms with Gasteiger partial charge in [-0.2, -0.15) is 21.0 Å². The van der Waals surface area contributed by atoms with Crippen LogP contribution in [-0.2, 0) is 14.9 Å². The molecule has 1 rings (SSSR count). The van der Waals surface area contributed by atoms with E-state index in [2.05, 4.69) is 17.4 Å². The van der Waals surface area contributed by atoms with Gasteiger partial charge < -0.3 is 9.64 Å². The van der Waals surface area contributed by atoms with E-state index >= 15 is 0 Å². The minimum absolute atomic E-state index is 0.000188. The number of nitrogens with one attached hydrogen (secondary N) is 1. The molecule has 0 spiro atoms. The standard InChI is InChI=1S/C10H21N3O4S2/c1-10(2,3)17-9(14)13-6-8(18)4-7(13)5-12-19(11,15)16/h7-8,12,18H,4-6H2,1-3H3,(H2,11,15,16)/t7-,8-/m0/s1. The van der Waals surface area contributed by atoms with Gasteiger partial charge in [0, 0.05) is 24.4 Å². The van der Waals surface area contributed by atoms with Crippen molar-refractivity contribution < 1.29 is 17.9 Å². The van der Waals surface area contributed by atoms with Gasteiger partial charge in [-0.3, -0.25) is 0 Å². The van der Waals surface area contributed by atoms with E-state index in [1.807, 2.05) is 0 Å². The lowest BCUT2D eigenvalue weighted by Crippen LogP contribution is -2.46. The van der Waals surface area contributed by atoms with Crippen LogP contribution >= 0.6 is 12.6 Å². The molecule has 1 saturated heterocycles. The minimum Gasteiger partial charge on any atom is -0.444 e. The van der Waals surface area contributed by atoms with Crippen LogP contribution in [0.1, 0.15) is 27.2 Å². The first-order valence-corrected chi connectivity index (χ1v) is 7.99. The zero-order valence-electron chi connectivity index (χ0n) is 11.3. The zero-order valence-corrected chi connectivity index (χ0v) is 13.0. The quantitative estimate of drug-likeness (QED) is 0.643. The second-order valence-corrected chi connectivity index (χ2v) is 7.68. The maximum atomic E-state index is 12.0. The summed E-state index contributed by atoms with van der Waals surface area (Å²) in [4.78, 5) is 13.5. The molecular formula is C10H21N3O4S2. The van der Waals surface area contributed by atoms with Crippen LogP contribution < -0.4 is 9.86 Å². The molecule has 112 valence electrons. The number of rotatable bonds is 3. The van der Waals surface area contributed by atoms with Gasteiger partial charge in [-0.05, 0) is 27.2 Å². The number of carbonyl (C=O) groups is 1. The molecule has 0 aromatic carbocycles. The van der Waals surface area contributed by atoms with Gasteiger partial charge in [0.25, 0.3) is 10.2 Å². The summed E-state index contributed by atoms with van der Waals surface area (Å²) in [6, 6.07) is -0.296. The zero-order chi connectivity index (χ0) is 14.8. The third-order valence-electron chi connectivity index (χ3n) is 2.54. The summed E-state index contributed by atoms with van der Waals surface area (Å²) < 4.78 is 29.3. The van der Waals surface area contributed by atoms with Gasteiger partial charge >= 0.3 is 6.09 Å². The van der Waals surface area contributed by atoms with Crippen LogP contribution in [-0.4, -0.2) is 49.4 Å². The van der Waals surface area contributed by atoms with E-state index in [0.29, 0.717) is 13.0 Å². The molecule has 0 aromatic rings. The number of nitrogens with two attached hydrogens (primary N) is 1. The van der Waals surface area contributed by atoms with Crippen molar-refractivity contribution >= 4 is 28.9 Å². The third kappa shape index (κ3) is 5.98. The Morgan fingerprint density at radius 3 is 2.58 bits per heavy atom. The molecule has 0 unspecified atom stereocenters. The summed E-state index contributed by atoms with van der Waals surface area (Å²) in [6.45, 7) is 5.81. The first-order valence-electron chi connectivity index (χ1n) is 5.93. The van der Waals surface area contributed by atoms with Gasteiger partial charge in [-0.1, -0.05) is 0 Å². The highest BCUT2D eigenvalue weighted by Crippen LogP contribution is 2.23. The van der Waals surface area contributed by atoms with E-state index in [0.717, 1.165) is 0 Å². The van der Waals surface area contributed by atoms with Crippen LogP contribution in [0.25, 0.3) is 0 Å². The number of amides is 1. The molecule has 1 amide bonds. The molecule has 0 saturated carbocycles. The highest BCUT2D eigenvalue weighted by molar-refractivity contribution is 7.87. The van der Waals surface area contributed by atoms with Gasteiger partial charge in [-0.25, -0.2) is 14.7 Å². The van der Waals surface area contributed by atoms with E-state index in [9.17, 15) is 13.2 Å². The summed E-state index contributed by atoms with van der Waals surface area (Å²) in [5.74, 6) is 0. The van der Waals surface area contributed by atoms with Crippen LogP contribution in [0.2, 0.25) is 0 Å². The van der Waals surface area contributed by atoms with Crippen molar-refractivity contribution in [3.05, 3.63) is 0 Å². The molecule has 0 aliphatic carbocycles. The van der Waals surface area contributed by atoms with Crippen LogP contribution in [0.5, 0.6) is 0 Å². The Kier molecular flexibility index (Phi) is 5.10. The minimum atomic E-state index is -3.77. The lowest BCUT2D eigenvalue weighted by molar-refractivity contribution is 0.0230. The van der Waals surface area contributed by atoms with Crippen LogP contribution in [0.4, 0.5) is 4.79 Å². The molecule has 1 aliphatic heterocycles. The van der Waals surface area contributed by atoms with Crippen molar-refractivity contribution in [1.29, 1.82) is 0 Å². The lowest BCUT2D eigenvalue weighted by Gasteiger charge is -2.28. The van der Waals surface area contributed by atoms with Crippen LogP contribution in [0.15, 0.2) is 0 Å². The maximum absolute atomic E-state index is 12.0. The summed E-state index contributed by atoms with van der Waals surface area (Å²) in [7, 11) is -3.77. The van der Waals surface area contributed by atoms with Gasteiger partial charge in [0.05, 0.1) is 0 Å². The Morgan fingerprint density at radius 1 is 1.53 bits per heavy atom. The van der Waals surface area contributed by atoms with Gasteiger partial charge in [0.1, 0.15) is 5.60 Å². The summed E-state index contributed by atoms with van der Waals surface area (Å²) in [5, 5.41) is 4.88. The average Bonchev–Trinajstić information content (AvgIpc) is 2.53. The second kappa shape index (κ2) is 5.86. The van der Waals surface area contributed by atoms with E-state index in [1.54, 1.807) is 20.8 Å². The molecular weight excluding hydrogens is 290 g/mol. The molecule has 1 fully saturated rings. The topological polar surface area (TPSA) is 102 Å². The highest BCUT2D eigenvalue weighted by atomic mass is 32.2. The van der Waals surface area contributed by atoms with E-state index in [-0.39, 0.29) is 17.8 Å². The lowest BCUT2D eigenvalue weighted by atomic mass is 10.2. The first kappa shape index (κ1) is 16.5. The van der Waals surface area contributed by atoms with Crippen molar-refractivity contribution in [3.63, 3.8) is 0 Å². The van der Waals surface area contributed by atoms with E-state index < -0.39 is 21.9 Å². The van der Waals surface area contributed by atoms with Crippen molar-refractivity contribution in [2.75, 3.05) is 13.1 Å². The summed E-state index contributed by atoms with van der Waals surface area (Å²) >= 11 is 4.32. The molecule has 9 heteroatoms. The molecule has 2 atom stereocenters. The molecule has 1 aliphatic rings. The first-order chi connectivity index (χ1) is 8.48. The van der Waals surface area contributed by atoms with Crippen molar-refractivity contribution in [3.8, 4) is 0 Å². The Hall–Kier alpha value is -0.510. The predicted molar refractivity (Wildman–Crippen MR) is 75.2 cm³/mol. The number of thiol groups is 1. The van der Waals surface area contributed by atoms with Crippen molar-refractivity contribution in [2.45, 2.75) is 44.1 Å². The molecule has 0 aromatic heterocycles. The molecule has 19 heavy (non-hydrogen) atoms. The number of carbonyl (C=O) groups excluding carboxylic acids is 1. The van der Waals surface area contributed by atoms with Gasteiger partial charge in [-0.15, -0.1) is 0 Å². The molecule has 1 heterocycles. The normalized spacial score (nSPS) is 24.6. The highest BCUT2D eigenvalue weighted by Gasteiger charge is 2.36. The van der Waals surface area contributed by atoms with Crippen molar-refractivity contribution in [2.24, 2.45) is 5.14 Å². The number of likely N-dealkylation sites (tertiary alicyclic amines) is 1. The molecule has 3 N–H and O–H groups in total. The third-order valence-corrected chi connectivity index (χ3v) is 3.48. The fourth-order valence-electron chi connectivity index (χ4n) is 1.84. The SMILES string of the molecule is CC(C)(C)OC(=O)N1C[C@@H](S)C[C@H]1CNS(N)(=O)=O. The van der Waals surface area contributed by atoms with Crippen LogP contribution in [0, 0.1) is 0 Å². The van der Waals surface area contributed by atoms with E-state index in [4.69, 9.17) is 9.88 Å². The smallest absolute Gasteiger partial charge is 0.410 e. The fourth-order valence-corrected chi connectivity index (χ4v) is 2.69. The second-order valence-electron chi connectivity index (χ2n) is 5.57. The monoisotopic (exact) mass is 311 g/mol. The maximum Gasteiger partial charge on any atom is 0.410 e. The van der Waals surface area contributed by atoms with Gasteiger partial charge in [0.2, 0.25) is 0 Å². The molecule has 0 bridgehead atoms. The summed E-state index contributed by atoms with van der Waals surface area (Å²) in [6.07, 6.45) is 0.121. The number of ether oxygens (including phenoxy) is 1. The summed E-state index contributed by atoms with van der Waals surface area (Å²) in [5.41, 5.74) is -0.594. The molecule has 0 radical (unpaired) electrons. The Labute approximate surface area is 119 Å². The van der Waals surface area contributed by atoms with E-state index in [1.165, 1.54) is 4.90 Å². The number of hydrogen-bond acceptors (Lipinski definition) is 5. The Morgan fingerprint density at radius 2 is 2.11 bits per heavy atom. The fraction of sp³-hybridized carbons (Fsp3) is 0.900. The number of nitrogens with zero attached hydrogens (tertiary/aromatic N) is 1. The Balaban J connectivity index is 2.66. The predicted octanol–water partition coefficient (Wildman–Crippen LogP) is 0.0873. The largest absolute Gasteiger partial charge is 0.444 e. The van der Waals surface area contributed by atoms with Crippen LogP contribution in [0.3, 0.4) is 0 Å². The average molecular weight is 311 g/mol.